The lowest BCUT2D eigenvalue weighted by Crippen LogP contribution is -2.29. The number of hydrogen-bond donors (Lipinski definition) is 1. The molecule has 1 amide bonds. The molecule has 2 N–H and O–H groups in total. The number of benzene rings is 2. The van der Waals surface area contributed by atoms with E-state index in [1.165, 1.54) is 7.11 Å². The van der Waals surface area contributed by atoms with Gasteiger partial charge in [-0.2, -0.15) is 0 Å². The molecule has 0 saturated carbocycles. The number of carbonyl (C=O) groups excluding carboxylic acids is 3. The van der Waals surface area contributed by atoms with E-state index in [0.717, 1.165) is 14.2 Å². The molecule has 7 nitrogen and oxygen atoms in total. The highest BCUT2D eigenvalue weighted by Crippen LogP contribution is 2.47. The molecule has 0 aliphatic carbocycles. The number of ether oxygens (including phenoxy) is 3. The lowest BCUT2D eigenvalue weighted by Gasteiger charge is -2.24. The number of para-hydroxylation sites is 1. The topological polar surface area (TPSA) is 105 Å². The van der Waals surface area contributed by atoms with E-state index in [1.54, 1.807) is 31.2 Å². The highest BCUT2D eigenvalue weighted by molar-refractivity contribution is 9.10. The second-order valence-corrected chi connectivity index (χ2v) is 7.13. The summed E-state index contributed by atoms with van der Waals surface area (Å²) in [6, 6.07) is 6.83. The van der Waals surface area contributed by atoms with E-state index < -0.39 is 23.8 Å². The van der Waals surface area contributed by atoms with Gasteiger partial charge < -0.3 is 19.9 Å². The van der Waals surface area contributed by atoms with E-state index in [1.807, 2.05) is 0 Å². The molecule has 2 rings (SSSR count). The summed E-state index contributed by atoms with van der Waals surface area (Å²) >= 11 is 10.00. The predicted molar refractivity (Wildman–Crippen MR) is 111 cm³/mol. The van der Waals surface area contributed by atoms with Crippen LogP contribution < -0.4 is 10.5 Å². The fraction of sp³-hybridized carbons (Fsp3) is 0.250. The van der Waals surface area contributed by atoms with E-state index in [4.69, 9.17) is 31.5 Å². The average molecular weight is 485 g/mol. The predicted octanol–water partition coefficient (Wildman–Crippen LogP) is 3.62. The molecule has 0 atom stereocenters. The summed E-state index contributed by atoms with van der Waals surface area (Å²) in [5, 5.41) is 0.171. The molecule has 0 bridgehead atoms. The third-order valence-electron chi connectivity index (χ3n) is 4.44. The number of esters is 2. The van der Waals surface area contributed by atoms with Crippen molar-refractivity contribution in [1.82, 2.24) is 0 Å². The number of primary amides is 1. The van der Waals surface area contributed by atoms with Crippen molar-refractivity contribution in [2.24, 2.45) is 5.73 Å². The third kappa shape index (κ3) is 4.09. The number of methoxy groups -OCH3 is 3. The van der Waals surface area contributed by atoms with Crippen LogP contribution in [-0.2, 0) is 19.1 Å². The maximum Gasteiger partial charge on any atom is 0.324 e. The van der Waals surface area contributed by atoms with Crippen molar-refractivity contribution in [3.8, 4) is 16.9 Å². The largest absolute Gasteiger partial charge is 0.496 e. The summed E-state index contributed by atoms with van der Waals surface area (Å²) in [5.41, 5.74) is 6.64. The Morgan fingerprint density at radius 1 is 1.07 bits per heavy atom. The maximum atomic E-state index is 12.6. The van der Waals surface area contributed by atoms with Crippen molar-refractivity contribution in [1.29, 1.82) is 0 Å². The minimum absolute atomic E-state index is 0.00796. The van der Waals surface area contributed by atoms with Crippen molar-refractivity contribution in [2.75, 3.05) is 21.3 Å². The smallest absolute Gasteiger partial charge is 0.324 e. The van der Waals surface area contributed by atoms with Gasteiger partial charge in [0.05, 0.1) is 26.4 Å². The zero-order chi connectivity index (χ0) is 21.9. The molecule has 0 aromatic heterocycles. The van der Waals surface area contributed by atoms with Crippen molar-refractivity contribution < 1.29 is 28.6 Å². The van der Waals surface area contributed by atoms with E-state index in [-0.39, 0.29) is 21.7 Å². The number of hydrogen-bond acceptors (Lipinski definition) is 6. The van der Waals surface area contributed by atoms with E-state index in [2.05, 4.69) is 15.9 Å². The van der Waals surface area contributed by atoms with Gasteiger partial charge in [0.25, 0.3) is 0 Å². The Kier molecular flexibility index (Phi) is 7.26. The van der Waals surface area contributed by atoms with Gasteiger partial charge in [-0.1, -0.05) is 29.8 Å². The Morgan fingerprint density at radius 2 is 1.62 bits per heavy atom. The Labute approximate surface area is 181 Å². The van der Waals surface area contributed by atoms with Gasteiger partial charge in [-0.25, -0.2) is 0 Å². The Hall–Kier alpha value is -2.58. The zero-order valence-corrected chi connectivity index (χ0v) is 18.5. The number of carbonyl (C=O) groups is 3. The number of nitrogens with two attached hydrogens (primary N) is 1. The summed E-state index contributed by atoms with van der Waals surface area (Å²) in [7, 11) is 3.71. The molecule has 9 heteroatoms. The Morgan fingerprint density at radius 3 is 2.10 bits per heavy atom. The molecular weight excluding hydrogens is 466 g/mol. The van der Waals surface area contributed by atoms with E-state index in [9.17, 15) is 14.4 Å². The van der Waals surface area contributed by atoms with Gasteiger partial charge in [0, 0.05) is 21.2 Å². The highest BCUT2D eigenvalue weighted by atomic mass is 79.9. The van der Waals surface area contributed by atoms with Crippen LogP contribution >= 0.6 is 27.5 Å². The van der Waals surface area contributed by atoms with Gasteiger partial charge in [0.1, 0.15) is 5.75 Å². The monoisotopic (exact) mass is 483 g/mol. The van der Waals surface area contributed by atoms with E-state index >= 15 is 0 Å². The first-order valence-electron chi connectivity index (χ1n) is 8.31. The van der Waals surface area contributed by atoms with Crippen LogP contribution in [0, 0.1) is 6.92 Å². The lowest BCUT2D eigenvalue weighted by molar-refractivity contribution is -0.154. The molecule has 0 aliphatic heterocycles. The first-order chi connectivity index (χ1) is 13.7. The molecule has 154 valence electrons. The molecule has 0 saturated heterocycles. The molecule has 0 radical (unpaired) electrons. The quantitative estimate of drug-likeness (QED) is 0.496. The maximum absolute atomic E-state index is 12.6. The van der Waals surface area contributed by atoms with Crippen molar-refractivity contribution in [2.45, 2.75) is 12.8 Å². The van der Waals surface area contributed by atoms with Gasteiger partial charge in [0.15, 0.2) is 5.92 Å². The molecule has 0 unspecified atom stereocenters. The van der Waals surface area contributed by atoms with Crippen LogP contribution in [0.5, 0.6) is 5.75 Å². The molecule has 0 heterocycles. The summed E-state index contributed by atoms with van der Waals surface area (Å²) in [6.45, 7) is 1.59. The molecule has 2 aromatic rings. The Bertz CT molecular complexity index is 975. The van der Waals surface area contributed by atoms with Gasteiger partial charge in [0.2, 0.25) is 5.91 Å². The van der Waals surface area contributed by atoms with Gasteiger partial charge >= 0.3 is 11.9 Å². The van der Waals surface area contributed by atoms with Crippen molar-refractivity contribution in [3.63, 3.8) is 0 Å². The first kappa shape index (κ1) is 22.7. The van der Waals surface area contributed by atoms with Crippen molar-refractivity contribution >= 4 is 45.4 Å². The lowest BCUT2D eigenvalue weighted by atomic mass is 9.83. The van der Waals surface area contributed by atoms with E-state index in [0.29, 0.717) is 21.3 Å². The fourth-order valence-electron chi connectivity index (χ4n) is 3.12. The molecule has 0 aliphatic rings. The van der Waals surface area contributed by atoms with Crippen LogP contribution in [0.1, 0.15) is 27.4 Å². The van der Waals surface area contributed by atoms with Crippen LogP contribution in [0.2, 0.25) is 5.02 Å². The van der Waals surface area contributed by atoms with Gasteiger partial charge in [-0.3, -0.25) is 14.4 Å². The fourth-order valence-corrected chi connectivity index (χ4v) is 3.86. The zero-order valence-electron chi connectivity index (χ0n) is 16.2. The molecular formula is C20H19BrClNO6. The summed E-state index contributed by atoms with van der Waals surface area (Å²) in [6.07, 6.45) is 0. The van der Waals surface area contributed by atoms with Crippen LogP contribution in [0.25, 0.3) is 11.1 Å². The van der Waals surface area contributed by atoms with Crippen molar-refractivity contribution in [3.05, 3.63) is 50.5 Å². The van der Waals surface area contributed by atoms with Crippen LogP contribution in [0.4, 0.5) is 0 Å². The normalized spacial score (nSPS) is 10.6. The second kappa shape index (κ2) is 9.28. The highest BCUT2D eigenvalue weighted by Gasteiger charge is 2.39. The molecule has 29 heavy (non-hydrogen) atoms. The average Bonchev–Trinajstić information content (AvgIpc) is 2.71. The number of halogens is 2. The first-order valence-corrected chi connectivity index (χ1v) is 9.48. The minimum atomic E-state index is -1.59. The number of amides is 1. The number of rotatable bonds is 6. The van der Waals surface area contributed by atoms with Gasteiger partial charge in [-0.05, 0) is 40.0 Å². The summed E-state index contributed by atoms with van der Waals surface area (Å²) in [4.78, 5) is 37.5. The summed E-state index contributed by atoms with van der Waals surface area (Å²) in [5.74, 6) is -3.86. The van der Waals surface area contributed by atoms with Crippen LogP contribution in [0.3, 0.4) is 0 Å². The second-order valence-electron chi connectivity index (χ2n) is 5.96. The third-order valence-corrected chi connectivity index (χ3v) is 6.04. The molecule has 0 fully saturated rings. The summed E-state index contributed by atoms with van der Waals surface area (Å²) < 4.78 is 15.4. The standard InChI is InChI=1S/C20H19BrClNO6/c1-9-12(18(23)24)14(15(19(25)28-3)20(26)29-4)13(17(22)16(9)21)10-7-5-6-8-11(10)27-2/h5-8,15H,1-4H3,(H2,23,24). The molecule has 0 spiro atoms. The SMILES string of the molecule is COC(=O)C(C(=O)OC)c1c(C(N)=O)c(C)c(Br)c(Cl)c1-c1ccccc1OC. The van der Waals surface area contributed by atoms with Crippen LogP contribution in [-0.4, -0.2) is 39.2 Å². The molecule has 2 aromatic carbocycles. The van der Waals surface area contributed by atoms with Crippen LogP contribution in [0.15, 0.2) is 28.7 Å². The minimum Gasteiger partial charge on any atom is -0.496 e. The van der Waals surface area contributed by atoms with Gasteiger partial charge in [-0.15, -0.1) is 0 Å². The Balaban J connectivity index is 3.13.